The van der Waals surface area contributed by atoms with Gasteiger partial charge in [-0.3, -0.25) is 4.79 Å². The lowest BCUT2D eigenvalue weighted by molar-refractivity contribution is 0.0946. The molecule has 0 saturated carbocycles. The molecular weight excluding hydrogens is 347 g/mol. The standard InChI is InChI=1S/C18H14ClFN2O3/c19-12-6-10(7-16-17(12)25-5-4-24-16)9-21-18(23)15-8-11-13(20)2-1-3-14(11)22-15/h1-3,6-8,22H,4-5,9H2,(H,21,23). The molecule has 0 unspecified atom stereocenters. The second kappa shape index (κ2) is 6.29. The van der Waals surface area contributed by atoms with Crippen LogP contribution in [0.15, 0.2) is 36.4 Å². The highest BCUT2D eigenvalue weighted by Gasteiger charge is 2.17. The quantitative estimate of drug-likeness (QED) is 0.749. The molecule has 7 heteroatoms. The third kappa shape index (κ3) is 3.00. The summed E-state index contributed by atoms with van der Waals surface area (Å²) in [5.74, 6) is 0.387. The summed E-state index contributed by atoms with van der Waals surface area (Å²) < 4.78 is 24.7. The summed E-state index contributed by atoms with van der Waals surface area (Å²) in [5, 5.41) is 3.61. The molecule has 128 valence electrons. The summed E-state index contributed by atoms with van der Waals surface area (Å²) in [7, 11) is 0. The van der Waals surface area contributed by atoms with Crippen LogP contribution in [0.1, 0.15) is 16.1 Å². The van der Waals surface area contributed by atoms with Crippen LogP contribution in [0.3, 0.4) is 0 Å². The number of amides is 1. The van der Waals surface area contributed by atoms with Crippen molar-refractivity contribution in [3.05, 3.63) is 58.5 Å². The smallest absolute Gasteiger partial charge is 0.267 e. The van der Waals surface area contributed by atoms with Crippen molar-refractivity contribution in [1.29, 1.82) is 0 Å². The molecule has 0 aliphatic carbocycles. The molecule has 0 saturated heterocycles. The predicted octanol–water partition coefficient (Wildman–Crippen LogP) is 3.66. The Kier molecular flexibility index (Phi) is 3.97. The van der Waals surface area contributed by atoms with E-state index in [-0.39, 0.29) is 18.3 Å². The number of halogens is 2. The fourth-order valence-corrected chi connectivity index (χ4v) is 3.07. The van der Waals surface area contributed by atoms with Crippen molar-refractivity contribution in [3.63, 3.8) is 0 Å². The first-order valence-electron chi connectivity index (χ1n) is 7.75. The summed E-state index contributed by atoms with van der Waals surface area (Å²) in [6, 6.07) is 9.67. The molecule has 2 N–H and O–H groups in total. The van der Waals surface area contributed by atoms with Gasteiger partial charge in [-0.05, 0) is 35.9 Å². The third-order valence-electron chi connectivity index (χ3n) is 3.97. The Morgan fingerprint density at radius 2 is 2.08 bits per heavy atom. The molecule has 0 spiro atoms. The Morgan fingerprint density at radius 1 is 1.24 bits per heavy atom. The van der Waals surface area contributed by atoms with E-state index < -0.39 is 0 Å². The zero-order chi connectivity index (χ0) is 17.4. The van der Waals surface area contributed by atoms with Gasteiger partial charge >= 0.3 is 0 Å². The van der Waals surface area contributed by atoms with Gasteiger partial charge in [0.15, 0.2) is 11.5 Å². The second-order valence-electron chi connectivity index (χ2n) is 5.67. The molecule has 0 atom stereocenters. The molecule has 1 aliphatic heterocycles. The van der Waals surface area contributed by atoms with Gasteiger partial charge in [0.25, 0.3) is 5.91 Å². The number of carbonyl (C=O) groups excluding carboxylic acids is 1. The monoisotopic (exact) mass is 360 g/mol. The molecular formula is C18H14ClFN2O3. The van der Waals surface area contributed by atoms with Crippen LogP contribution in [0, 0.1) is 5.82 Å². The van der Waals surface area contributed by atoms with E-state index in [1.807, 2.05) is 0 Å². The third-order valence-corrected chi connectivity index (χ3v) is 4.25. The zero-order valence-electron chi connectivity index (χ0n) is 13.1. The Hall–Kier alpha value is -2.73. The fraction of sp³-hybridized carbons (Fsp3) is 0.167. The van der Waals surface area contributed by atoms with Crippen LogP contribution in [0.25, 0.3) is 10.9 Å². The summed E-state index contributed by atoms with van der Waals surface area (Å²) in [6.07, 6.45) is 0. The van der Waals surface area contributed by atoms with Gasteiger partial charge < -0.3 is 19.8 Å². The van der Waals surface area contributed by atoms with E-state index >= 15 is 0 Å². The summed E-state index contributed by atoms with van der Waals surface area (Å²) in [6.45, 7) is 1.17. The van der Waals surface area contributed by atoms with Gasteiger partial charge in [0.1, 0.15) is 24.7 Å². The lowest BCUT2D eigenvalue weighted by Gasteiger charge is -2.20. The van der Waals surface area contributed by atoms with E-state index in [9.17, 15) is 9.18 Å². The lowest BCUT2D eigenvalue weighted by atomic mass is 10.2. The fourth-order valence-electron chi connectivity index (χ4n) is 2.78. The second-order valence-corrected chi connectivity index (χ2v) is 6.08. The number of nitrogens with one attached hydrogen (secondary N) is 2. The van der Waals surface area contributed by atoms with E-state index in [2.05, 4.69) is 10.3 Å². The number of aromatic nitrogens is 1. The van der Waals surface area contributed by atoms with Crippen LogP contribution in [-0.2, 0) is 6.54 Å². The maximum Gasteiger partial charge on any atom is 0.267 e. The average Bonchev–Trinajstić information content (AvgIpc) is 3.06. The number of hydrogen-bond donors (Lipinski definition) is 2. The highest BCUT2D eigenvalue weighted by molar-refractivity contribution is 6.32. The number of carbonyl (C=O) groups is 1. The first kappa shape index (κ1) is 15.8. The maximum absolute atomic E-state index is 13.7. The largest absolute Gasteiger partial charge is 0.486 e. The summed E-state index contributed by atoms with van der Waals surface area (Å²) in [4.78, 5) is 15.2. The van der Waals surface area contributed by atoms with Gasteiger partial charge in [-0.25, -0.2) is 4.39 Å². The SMILES string of the molecule is O=C(NCc1cc(Cl)c2c(c1)OCCO2)c1cc2c(F)cccc2[nH]1. The number of ether oxygens (including phenoxy) is 2. The van der Waals surface area contributed by atoms with Gasteiger partial charge in [-0.15, -0.1) is 0 Å². The van der Waals surface area contributed by atoms with Crippen LogP contribution in [0.5, 0.6) is 11.5 Å². The van der Waals surface area contributed by atoms with E-state index in [1.165, 1.54) is 12.1 Å². The molecule has 1 amide bonds. The number of fused-ring (bicyclic) bond motifs is 2. The van der Waals surface area contributed by atoms with Crippen LogP contribution in [-0.4, -0.2) is 24.1 Å². The van der Waals surface area contributed by atoms with Crippen molar-refractivity contribution >= 4 is 28.4 Å². The van der Waals surface area contributed by atoms with E-state index in [0.717, 1.165) is 5.56 Å². The first-order chi connectivity index (χ1) is 12.1. The van der Waals surface area contributed by atoms with Gasteiger partial charge in [0.05, 0.1) is 5.02 Å². The summed E-state index contributed by atoms with van der Waals surface area (Å²) in [5.41, 5.74) is 1.65. The summed E-state index contributed by atoms with van der Waals surface area (Å²) >= 11 is 6.18. The Balaban J connectivity index is 1.51. The lowest BCUT2D eigenvalue weighted by Crippen LogP contribution is -2.23. The van der Waals surface area contributed by atoms with Gasteiger partial charge in [0, 0.05) is 17.4 Å². The number of aromatic amines is 1. The van der Waals surface area contributed by atoms with E-state index in [4.69, 9.17) is 21.1 Å². The molecule has 1 aromatic heterocycles. The molecule has 4 rings (SSSR count). The number of benzene rings is 2. The normalized spacial score (nSPS) is 13.0. The van der Waals surface area contributed by atoms with Crippen LogP contribution >= 0.6 is 11.6 Å². The molecule has 2 heterocycles. The van der Waals surface area contributed by atoms with Crippen molar-refractivity contribution < 1.29 is 18.7 Å². The minimum Gasteiger partial charge on any atom is -0.486 e. The van der Waals surface area contributed by atoms with Gasteiger partial charge in [-0.2, -0.15) is 0 Å². The number of H-pyrrole nitrogens is 1. The molecule has 2 aromatic carbocycles. The Morgan fingerprint density at radius 3 is 2.92 bits per heavy atom. The number of hydrogen-bond acceptors (Lipinski definition) is 3. The molecule has 1 aliphatic rings. The van der Waals surface area contributed by atoms with E-state index in [1.54, 1.807) is 24.3 Å². The van der Waals surface area contributed by atoms with E-state index in [0.29, 0.717) is 46.3 Å². The predicted molar refractivity (Wildman–Crippen MR) is 91.9 cm³/mol. The van der Waals surface area contributed by atoms with Crippen LogP contribution in [0.2, 0.25) is 5.02 Å². The van der Waals surface area contributed by atoms with Crippen molar-refractivity contribution in [2.75, 3.05) is 13.2 Å². The average molecular weight is 361 g/mol. The topological polar surface area (TPSA) is 63.4 Å². The number of rotatable bonds is 3. The van der Waals surface area contributed by atoms with Crippen molar-refractivity contribution in [2.24, 2.45) is 0 Å². The highest BCUT2D eigenvalue weighted by Crippen LogP contribution is 2.38. The first-order valence-corrected chi connectivity index (χ1v) is 8.13. The van der Waals surface area contributed by atoms with Crippen molar-refractivity contribution in [3.8, 4) is 11.5 Å². The molecule has 5 nitrogen and oxygen atoms in total. The van der Waals surface area contributed by atoms with Gasteiger partial charge in [-0.1, -0.05) is 17.7 Å². The molecule has 0 radical (unpaired) electrons. The van der Waals surface area contributed by atoms with Crippen molar-refractivity contribution in [2.45, 2.75) is 6.54 Å². The molecule has 0 fully saturated rings. The molecule has 0 bridgehead atoms. The maximum atomic E-state index is 13.7. The minimum atomic E-state index is -0.369. The van der Waals surface area contributed by atoms with Crippen molar-refractivity contribution in [1.82, 2.24) is 10.3 Å². The molecule has 25 heavy (non-hydrogen) atoms. The van der Waals surface area contributed by atoms with Crippen LogP contribution in [0.4, 0.5) is 4.39 Å². The minimum absolute atomic E-state index is 0.257. The Labute approximate surface area is 147 Å². The molecule has 3 aromatic rings. The Bertz CT molecular complexity index is 970. The zero-order valence-corrected chi connectivity index (χ0v) is 13.8. The van der Waals surface area contributed by atoms with Crippen LogP contribution < -0.4 is 14.8 Å². The van der Waals surface area contributed by atoms with Gasteiger partial charge in [0.2, 0.25) is 0 Å². The highest BCUT2D eigenvalue weighted by atomic mass is 35.5.